The Hall–Kier alpha value is -1.79. The van der Waals surface area contributed by atoms with Crippen LogP contribution in [0.3, 0.4) is 0 Å². The summed E-state index contributed by atoms with van der Waals surface area (Å²) in [6, 6.07) is 10.6. The Morgan fingerprint density at radius 3 is 2.61 bits per heavy atom. The third-order valence-electron chi connectivity index (χ3n) is 2.87. The van der Waals surface area contributed by atoms with Crippen molar-refractivity contribution in [1.29, 1.82) is 5.41 Å². The van der Waals surface area contributed by atoms with E-state index in [0.29, 0.717) is 26.4 Å². The molecule has 0 atom stereocenters. The van der Waals surface area contributed by atoms with Gasteiger partial charge in [0.25, 0.3) is 0 Å². The highest BCUT2D eigenvalue weighted by Crippen LogP contribution is 2.30. The Kier molecular flexibility index (Phi) is 6.24. The van der Waals surface area contributed by atoms with E-state index in [1.165, 1.54) is 6.21 Å². The molecule has 0 unspecified atom stereocenters. The second-order valence-corrected chi connectivity index (χ2v) is 5.58. The fourth-order valence-electron chi connectivity index (χ4n) is 1.72. The van der Waals surface area contributed by atoms with Crippen LogP contribution >= 0.6 is 34.8 Å². The molecule has 2 rings (SSSR count). The van der Waals surface area contributed by atoms with E-state index in [2.05, 4.69) is 5.10 Å². The quantitative estimate of drug-likeness (QED) is 0.343. The zero-order valence-electron chi connectivity index (χ0n) is 11.8. The minimum atomic E-state index is 0.225. The topological polar surface area (TPSA) is 74.7 Å². The van der Waals surface area contributed by atoms with Crippen molar-refractivity contribution in [1.82, 2.24) is 5.12 Å². The number of nitrogens with zero attached hydrogens (tertiary/aromatic N) is 2. The molecule has 0 bridgehead atoms. The summed E-state index contributed by atoms with van der Waals surface area (Å²) in [6.45, 7) is 0.225. The van der Waals surface area contributed by atoms with Crippen LogP contribution in [-0.4, -0.2) is 17.7 Å². The number of ether oxygens (including phenoxy) is 1. The van der Waals surface area contributed by atoms with Crippen molar-refractivity contribution in [2.24, 2.45) is 10.9 Å². The first-order chi connectivity index (χ1) is 11.0. The Bertz CT molecular complexity index is 737. The van der Waals surface area contributed by atoms with E-state index in [-0.39, 0.29) is 6.61 Å². The van der Waals surface area contributed by atoms with E-state index in [1.807, 2.05) is 6.07 Å². The number of benzene rings is 2. The molecule has 23 heavy (non-hydrogen) atoms. The van der Waals surface area contributed by atoms with Gasteiger partial charge in [0, 0.05) is 11.1 Å². The molecule has 0 spiro atoms. The lowest BCUT2D eigenvalue weighted by molar-refractivity contribution is 0.306. The summed E-state index contributed by atoms with van der Waals surface area (Å²) in [5, 5.41) is 12.9. The third-order valence-corrected chi connectivity index (χ3v) is 4.13. The van der Waals surface area contributed by atoms with E-state index >= 15 is 0 Å². The highest BCUT2D eigenvalue weighted by atomic mass is 35.5. The lowest BCUT2D eigenvalue weighted by atomic mass is 10.2. The van der Waals surface area contributed by atoms with Gasteiger partial charge in [-0.1, -0.05) is 59.1 Å². The maximum absolute atomic E-state index is 6.95. The van der Waals surface area contributed by atoms with Gasteiger partial charge in [0.1, 0.15) is 18.7 Å². The zero-order valence-corrected chi connectivity index (χ0v) is 14.1. The molecule has 3 N–H and O–H groups in total. The summed E-state index contributed by atoms with van der Waals surface area (Å²) in [7, 11) is 0. The molecule has 0 aromatic heterocycles. The fraction of sp³-hybridized carbons (Fsp3) is 0.0667. The van der Waals surface area contributed by atoms with Gasteiger partial charge in [-0.25, -0.2) is 5.84 Å². The summed E-state index contributed by atoms with van der Waals surface area (Å²) >= 11 is 18.4. The van der Waals surface area contributed by atoms with Crippen LogP contribution in [-0.2, 0) is 6.61 Å². The summed E-state index contributed by atoms with van der Waals surface area (Å²) in [4.78, 5) is 0. The van der Waals surface area contributed by atoms with Gasteiger partial charge in [-0.05, 0) is 12.1 Å². The summed E-state index contributed by atoms with van der Waals surface area (Å²) in [6.07, 6.45) is 2.30. The molecule has 0 saturated heterocycles. The number of nitrogens with one attached hydrogen (secondary N) is 1. The van der Waals surface area contributed by atoms with Crippen LogP contribution in [0.25, 0.3) is 0 Å². The molecule has 8 heteroatoms. The van der Waals surface area contributed by atoms with Crippen molar-refractivity contribution in [3.05, 3.63) is 62.6 Å². The summed E-state index contributed by atoms with van der Waals surface area (Å²) in [5.41, 5.74) is 1.37. The van der Waals surface area contributed by atoms with Gasteiger partial charge >= 0.3 is 0 Å². The Labute approximate surface area is 148 Å². The van der Waals surface area contributed by atoms with E-state index in [1.54, 1.807) is 30.3 Å². The van der Waals surface area contributed by atoms with Crippen LogP contribution in [0.5, 0.6) is 5.75 Å². The third kappa shape index (κ3) is 4.59. The number of hydrazine groups is 1. The summed E-state index contributed by atoms with van der Waals surface area (Å²) in [5.74, 6) is 5.84. The van der Waals surface area contributed by atoms with E-state index in [4.69, 9.17) is 50.8 Å². The van der Waals surface area contributed by atoms with Crippen molar-refractivity contribution in [2.45, 2.75) is 6.61 Å². The number of hydrogen-bond acceptors (Lipinski definition) is 4. The first kappa shape index (κ1) is 17.6. The first-order valence-corrected chi connectivity index (χ1v) is 7.59. The molecular formula is C15H13Cl3N4O. The second kappa shape index (κ2) is 8.17. The monoisotopic (exact) mass is 370 g/mol. The van der Waals surface area contributed by atoms with Crippen molar-refractivity contribution < 1.29 is 4.74 Å². The van der Waals surface area contributed by atoms with Gasteiger partial charge in [0.2, 0.25) is 0 Å². The zero-order chi connectivity index (χ0) is 16.8. The van der Waals surface area contributed by atoms with Crippen LogP contribution in [0.2, 0.25) is 15.1 Å². The number of hydrogen-bond donors (Lipinski definition) is 2. The normalized spacial score (nSPS) is 10.8. The molecular weight excluding hydrogens is 359 g/mol. The Morgan fingerprint density at radius 2 is 1.87 bits per heavy atom. The molecule has 2 aromatic rings. The maximum Gasteiger partial charge on any atom is 0.139 e. The largest absolute Gasteiger partial charge is 0.487 e. The van der Waals surface area contributed by atoms with E-state index < -0.39 is 0 Å². The molecule has 120 valence electrons. The molecule has 0 aliphatic rings. The van der Waals surface area contributed by atoms with Crippen LogP contribution < -0.4 is 10.6 Å². The molecule has 2 aromatic carbocycles. The predicted octanol–water partition coefficient (Wildman–Crippen LogP) is 4.34. The first-order valence-electron chi connectivity index (χ1n) is 6.45. The molecule has 0 aliphatic heterocycles. The van der Waals surface area contributed by atoms with E-state index in [0.717, 1.165) is 17.0 Å². The minimum Gasteiger partial charge on any atom is -0.487 e. The van der Waals surface area contributed by atoms with Gasteiger partial charge in [-0.2, -0.15) is 10.2 Å². The number of hydrazone groups is 1. The number of nitrogens with two attached hydrogens (primary N) is 1. The molecule has 0 fully saturated rings. The van der Waals surface area contributed by atoms with Gasteiger partial charge < -0.3 is 4.74 Å². The SMILES string of the molecule is N=CN(N)/N=C/c1cccc(OCc2cccc(Cl)c2Cl)c1Cl. The van der Waals surface area contributed by atoms with Gasteiger partial charge in [0.15, 0.2) is 0 Å². The molecule has 0 radical (unpaired) electrons. The molecule has 5 nitrogen and oxygen atoms in total. The number of rotatable bonds is 6. The number of halogens is 3. The van der Waals surface area contributed by atoms with Gasteiger partial charge in [-0.3, -0.25) is 5.41 Å². The molecule has 0 aliphatic carbocycles. The van der Waals surface area contributed by atoms with Gasteiger partial charge in [-0.15, -0.1) is 0 Å². The second-order valence-electron chi connectivity index (χ2n) is 4.41. The standard InChI is InChI=1S/C15H13Cl3N4O/c16-12-5-1-4-11(14(12)17)8-23-13-6-2-3-10(15(13)18)7-21-22(20)9-19/h1-7,9,19H,8,20H2/b19-9?,21-7+. The Balaban J connectivity index is 2.16. The van der Waals surface area contributed by atoms with Crippen molar-refractivity contribution in [3.63, 3.8) is 0 Å². The van der Waals surface area contributed by atoms with Crippen LogP contribution in [0, 0.1) is 5.41 Å². The van der Waals surface area contributed by atoms with E-state index in [9.17, 15) is 0 Å². The highest BCUT2D eigenvalue weighted by Gasteiger charge is 2.09. The maximum atomic E-state index is 6.95. The molecule has 0 heterocycles. The summed E-state index contributed by atoms with van der Waals surface area (Å²) < 4.78 is 5.71. The predicted molar refractivity (Wildman–Crippen MR) is 94.7 cm³/mol. The van der Waals surface area contributed by atoms with Crippen LogP contribution in [0.15, 0.2) is 41.5 Å². The van der Waals surface area contributed by atoms with Crippen molar-refractivity contribution >= 4 is 47.4 Å². The minimum absolute atomic E-state index is 0.225. The molecule has 0 saturated carbocycles. The van der Waals surface area contributed by atoms with Crippen LogP contribution in [0.4, 0.5) is 0 Å². The average molecular weight is 372 g/mol. The lowest BCUT2D eigenvalue weighted by Gasteiger charge is -2.11. The van der Waals surface area contributed by atoms with Crippen molar-refractivity contribution in [2.75, 3.05) is 0 Å². The highest BCUT2D eigenvalue weighted by molar-refractivity contribution is 6.42. The molecule has 0 amide bonds. The fourth-order valence-corrected chi connectivity index (χ4v) is 2.32. The average Bonchev–Trinajstić information content (AvgIpc) is 2.55. The van der Waals surface area contributed by atoms with Crippen LogP contribution in [0.1, 0.15) is 11.1 Å². The smallest absolute Gasteiger partial charge is 0.139 e. The Morgan fingerprint density at radius 1 is 1.13 bits per heavy atom. The van der Waals surface area contributed by atoms with Gasteiger partial charge in [0.05, 0.1) is 21.3 Å². The van der Waals surface area contributed by atoms with Crippen molar-refractivity contribution in [3.8, 4) is 5.75 Å². The lowest BCUT2D eigenvalue weighted by Crippen LogP contribution is -2.22.